The van der Waals surface area contributed by atoms with Crippen molar-refractivity contribution in [2.75, 3.05) is 0 Å². The van der Waals surface area contributed by atoms with Crippen LogP contribution in [0.5, 0.6) is 0 Å². The van der Waals surface area contributed by atoms with Crippen molar-refractivity contribution in [3.63, 3.8) is 0 Å². The summed E-state index contributed by atoms with van der Waals surface area (Å²) in [5.74, 6) is -0.632. The van der Waals surface area contributed by atoms with Crippen LogP contribution in [0.2, 0.25) is 0 Å². The molecule has 0 atom stereocenters. The summed E-state index contributed by atoms with van der Waals surface area (Å²) in [5, 5.41) is 8.07. The Kier molecular flexibility index (Phi) is 3.07. The van der Waals surface area contributed by atoms with E-state index in [9.17, 15) is 4.39 Å². The Morgan fingerprint density at radius 3 is 2.56 bits per heavy atom. The van der Waals surface area contributed by atoms with Gasteiger partial charge in [-0.1, -0.05) is 19.2 Å². The van der Waals surface area contributed by atoms with E-state index in [4.69, 9.17) is 5.26 Å². The van der Waals surface area contributed by atoms with Crippen molar-refractivity contribution in [2.24, 2.45) is 0 Å². The second kappa shape index (κ2) is 3.62. The maximum atomic E-state index is 12.3. The van der Waals surface area contributed by atoms with E-state index in [1.54, 1.807) is 6.07 Å². The van der Waals surface area contributed by atoms with Crippen LogP contribution in [-0.2, 0) is 0 Å². The number of hydrogen-bond acceptors (Lipinski definition) is 1. The smallest absolute Gasteiger partial charge is 0.140 e. The molecule has 1 nitrogen and oxygen atoms in total. The largest absolute Gasteiger partial charge is 0.206 e. The molecule has 0 radical (unpaired) electrons. The van der Waals surface area contributed by atoms with Gasteiger partial charge in [-0.15, -0.1) is 0 Å². The molecule has 0 rings (SSSR count). The molecule has 9 heavy (non-hydrogen) atoms. The van der Waals surface area contributed by atoms with Crippen LogP contribution in [0.15, 0.2) is 36.7 Å². The van der Waals surface area contributed by atoms with Crippen molar-refractivity contribution in [1.29, 1.82) is 5.26 Å². The van der Waals surface area contributed by atoms with Gasteiger partial charge in [0.2, 0.25) is 0 Å². The van der Waals surface area contributed by atoms with Gasteiger partial charge in [-0.3, -0.25) is 0 Å². The van der Waals surface area contributed by atoms with Gasteiger partial charge in [0.05, 0.1) is 5.57 Å². The Balaban J connectivity index is 4.24. The molecule has 0 spiro atoms. The van der Waals surface area contributed by atoms with Gasteiger partial charge in [-0.05, 0) is 6.08 Å². The lowest BCUT2D eigenvalue weighted by atomic mass is 10.3. The van der Waals surface area contributed by atoms with Crippen molar-refractivity contribution < 1.29 is 4.39 Å². The Labute approximate surface area is 53.4 Å². The standard InChI is InChI=1S/C7H6FN/c1-3-4-7(8)6(2)5-9/h3-4H,1-2H2/b7-4+. The predicted molar refractivity (Wildman–Crippen MR) is 34.1 cm³/mol. The van der Waals surface area contributed by atoms with Gasteiger partial charge in [0.15, 0.2) is 0 Å². The van der Waals surface area contributed by atoms with E-state index >= 15 is 0 Å². The number of nitriles is 1. The van der Waals surface area contributed by atoms with Crippen LogP contribution in [0, 0.1) is 11.3 Å². The van der Waals surface area contributed by atoms with E-state index < -0.39 is 5.83 Å². The molecule has 0 aliphatic heterocycles. The minimum absolute atomic E-state index is 0.171. The zero-order chi connectivity index (χ0) is 7.28. The quantitative estimate of drug-likeness (QED) is 0.407. The molecule has 0 aromatic carbocycles. The second-order valence-electron chi connectivity index (χ2n) is 1.34. The Bertz CT molecular complexity index is 195. The van der Waals surface area contributed by atoms with E-state index in [-0.39, 0.29) is 5.57 Å². The lowest BCUT2D eigenvalue weighted by Crippen LogP contribution is -1.73. The Morgan fingerprint density at radius 2 is 2.22 bits per heavy atom. The van der Waals surface area contributed by atoms with Crippen molar-refractivity contribution in [3.8, 4) is 6.07 Å². The summed E-state index contributed by atoms with van der Waals surface area (Å²) < 4.78 is 12.3. The molecular formula is C7H6FN. The molecule has 0 heterocycles. The van der Waals surface area contributed by atoms with Crippen LogP contribution in [0.25, 0.3) is 0 Å². The van der Waals surface area contributed by atoms with Crippen molar-refractivity contribution >= 4 is 0 Å². The van der Waals surface area contributed by atoms with Crippen molar-refractivity contribution in [1.82, 2.24) is 0 Å². The third-order valence-corrected chi connectivity index (χ3v) is 0.687. The van der Waals surface area contributed by atoms with Crippen LogP contribution in [0.1, 0.15) is 0 Å². The highest BCUT2D eigenvalue weighted by Crippen LogP contribution is 2.06. The summed E-state index contributed by atoms with van der Waals surface area (Å²) in [7, 11) is 0. The van der Waals surface area contributed by atoms with Crippen LogP contribution in [0.4, 0.5) is 4.39 Å². The van der Waals surface area contributed by atoms with Gasteiger partial charge in [-0.25, -0.2) is 4.39 Å². The number of halogens is 1. The minimum Gasteiger partial charge on any atom is -0.206 e. The molecule has 0 aromatic rings. The lowest BCUT2D eigenvalue weighted by molar-refractivity contribution is 0.659. The van der Waals surface area contributed by atoms with Crippen LogP contribution < -0.4 is 0 Å². The van der Waals surface area contributed by atoms with Gasteiger partial charge >= 0.3 is 0 Å². The van der Waals surface area contributed by atoms with Crippen molar-refractivity contribution in [3.05, 3.63) is 36.7 Å². The Morgan fingerprint density at radius 1 is 1.67 bits per heavy atom. The SMILES string of the molecule is C=C/C=C(/F)C(=C)C#N. The fraction of sp³-hybridized carbons (Fsp3) is 0. The molecule has 0 fully saturated rings. The van der Waals surface area contributed by atoms with E-state index in [0.29, 0.717) is 0 Å². The molecule has 0 aliphatic carbocycles. The highest BCUT2D eigenvalue weighted by atomic mass is 19.1. The molecule has 0 saturated heterocycles. The van der Waals surface area contributed by atoms with Gasteiger partial charge < -0.3 is 0 Å². The van der Waals surface area contributed by atoms with Gasteiger partial charge in [-0.2, -0.15) is 5.26 Å². The second-order valence-corrected chi connectivity index (χ2v) is 1.34. The monoisotopic (exact) mass is 123 g/mol. The maximum Gasteiger partial charge on any atom is 0.140 e. The molecular weight excluding hydrogens is 117 g/mol. The van der Waals surface area contributed by atoms with Gasteiger partial charge in [0.25, 0.3) is 0 Å². The zero-order valence-corrected chi connectivity index (χ0v) is 4.89. The predicted octanol–water partition coefficient (Wildman–Crippen LogP) is 2.11. The zero-order valence-electron chi connectivity index (χ0n) is 4.89. The highest BCUT2D eigenvalue weighted by molar-refractivity contribution is 5.36. The van der Waals surface area contributed by atoms with Crippen LogP contribution >= 0.6 is 0 Å². The molecule has 0 saturated carbocycles. The third-order valence-electron chi connectivity index (χ3n) is 0.687. The lowest BCUT2D eigenvalue weighted by Gasteiger charge is -1.84. The first-order valence-electron chi connectivity index (χ1n) is 2.30. The first-order valence-corrected chi connectivity index (χ1v) is 2.30. The van der Waals surface area contributed by atoms with E-state index in [1.807, 2.05) is 0 Å². The molecule has 46 valence electrons. The summed E-state index contributed by atoms with van der Waals surface area (Å²) in [6.45, 7) is 6.39. The number of nitrogens with zero attached hydrogens (tertiary/aromatic N) is 1. The highest BCUT2D eigenvalue weighted by Gasteiger charge is 1.95. The first kappa shape index (κ1) is 7.64. The van der Waals surface area contributed by atoms with Gasteiger partial charge in [0.1, 0.15) is 11.9 Å². The fourth-order valence-corrected chi connectivity index (χ4v) is 0.257. The molecule has 2 heteroatoms. The van der Waals surface area contributed by atoms with E-state index in [1.165, 1.54) is 6.08 Å². The average Bonchev–Trinajstić information content (AvgIpc) is 1.87. The van der Waals surface area contributed by atoms with Crippen LogP contribution in [0.3, 0.4) is 0 Å². The third kappa shape index (κ3) is 2.45. The summed E-state index contributed by atoms with van der Waals surface area (Å²) in [4.78, 5) is 0. The molecule has 0 aromatic heterocycles. The molecule has 0 amide bonds. The maximum absolute atomic E-state index is 12.3. The van der Waals surface area contributed by atoms with E-state index in [0.717, 1.165) is 6.08 Å². The molecule has 0 bridgehead atoms. The number of rotatable bonds is 2. The topological polar surface area (TPSA) is 23.8 Å². The van der Waals surface area contributed by atoms with Gasteiger partial charge in [0, 0.05) is 0 Å². The summed E-state index contributed by atoms with van der Waals surface area (Å²) in [5.41, 5.74) is -0.171. The molecule has 0 unspecified atom stereocenters. The normalized spacial score (nSPS) is 10.0. The minimum atomic E-state index is -0.632. The summed E-state index contributed by atoms with van der Waals surface area (Å²) >= 11 is 0. The Hall–Kier alpha value is -1.36. The van der Waals surface area contributed by atoms with E-state index in [2.05, 4.69) is 13.2 Å². The summed E-state index contributed by atoms with van der Waals surface area (Å²) in [6, 6.07) is 1.56. The van der Waals surface area contributed by atoms with Crippen LogP contribution in [-0.4, -0.2) is 0 Å². The fourth-order valence-electron chi connectivity index (χ4n) is 0.257. The first-order chi connectivity index (χ1) is 4.22. The number of allylic oxidation sites excluding steroid dienone is 4. The average molecular weight is 123 g/mol. The summed E-state index contributed by atoms with van der Waals surface area (Å²) in [6.07, 6.45) is 2.35. The number of hydrogen-bond donors (Lipinski definition) is 0. The molecule has 0 aliphatic rings. The molecule has 0 N–H and O–H groups in total. The van der Waals surface area contributed by atoms with Crippen molar-refractivity contribution in [2.45, 2.75) is 0 Å².